The first-order chi connectivity index (χ1) is 16.5. The Morgan fingerprint density at radius 1 is 1.14 bits per heavy atom. The summed E-state index contributed by atoms with van der Waals surface area (Å²) in [7, 11) is 1.28. The van der Waals surface area contributed by atoms with E-state index in [4.69, 9.17) is 21.1 Å². The van der Waals surface area contributed by atoms with E-state index in [0.717, 1.165) is 5.56 Å². The van der Waals surface area contributed by atoms with E-state index in [1.54, 1.807) is 37.4 Å². The molecule has 0 unspecified atom stereocenters. The Hall–Kier alpha value is -3.66. The number of imidazole rings is 1. The Bertz CT molecular complexity index is 1430. The molecule has 35 heavy (non-hydrogen) atoms. The van der Waals surface area contributed by atoms with Crippen LogP contribution in [-0.4, -0.2) is 37.6 Å². The predicted octanol–water partition coefficient (Wildman–Crippen LogP) is 4.76. The number of hydrogen-bond donors (Lipinski definition) is 0. The maximum Gasteiger partial charge on any atom is 0.317 e. The fourth-order valence-corrected chi connectivity index (χ4v) is 4.05. The van der Waals surface area contributed by atoms with Gasteiger partial charge in [-0.15, -0.1) is 10.2 Å². The van der Waals surface area contributed by atoms with Crippen molar-refractivity contribution in [1.29, 1.82) is 0 Å². The molecule has 0 saturated heterocycles. The van der Waals surface area contributed by atoms with Gasteiger partial charge in [-0.05, 0) is 51.5 Å². The molecule has 3 aromatic heterocycles. The van der Waals surface area contributed by atoms with Gasteiger partial charge >= 0.3 is 5.97 Å². The largest absolute Gasteiger partial charge is 0.485 e. The number of carbonyl (C=O) groups excluding carboxylic acids is 1. The topological polar surface area (TPSA) is 91.5 Å². The minimum absolute atomic E-state index is 0.00101. The van der Waals surface area contributed by atoms with Crippen molar-refractivity contribution in [3.8, 4) is 17.3 Å². The standard InChI is InChI=1S/C24H22ClF2N5O3/c1-12-9-17(35-11-14-15(26)7-6-8-16(14)27)22-28-13(2)18(32(22)10-12)21-29-20(25)19(30-31-21)24(3,4)23(33)34-5/h6-10H,11H2,1-5H3. The molecule has 0 bridgehead atoms. The number of fused-ring (bicyclic) bond motifs is 1. The summed E-state index contributed by atoms with van der Waals surface area (Å²) < 4.78 is 40.4. The summed E-state index contributed by atoms with van der Waals surface area (Å²) in [6.07, 6.45) is 1.80. The lowest BCUT2D eigenvalue weighted by Crippen LogP contribution is -2.32. The molecule has 4 aromatic rings. The number of pyridine rings is 1. The predicted molar refractivity (Wildman–Crippen MR) is 124 cm³/mol. The molecule has 0 aliphatic rings. The Labute approximate surface area is 204 Å². The maximum absolute atomic E-state index is 14.1. The van der Waals surface area contributed by atoms with E-state index in [1.165, 1.54) is 25.3 Å². The number of ether oxygens (including phenoxy) is 2. The number of carbonyl (C=O) groups is 1. The van der Waals surface area contributed by atoms with Crippen LogP contribution in [-0.2, 0) is 21.6 Å². The molecule has 0 amide bonds. The van der Waals surface area contributed by atoms with Crippen LogP contribution in [0.15, 0.2) is 30.5 Å². The molecule has 11 heteroatoms. The van der Waals surface area contributed by atoms with Crippen molar-refractivity contribution < 1.29 is 23.0 Å². The van der Waals surface area contributed by atoms with Crippen LogP contribution >= 0.6 is 11.6 Å². The average Bonchev–Trinajstić information content (AvgIpc) is 3.13. The van der Waals surface area contributed by atoms with Crippen molar-refractivity contribution in [1.82, 2.24) is 24.6 Å². The lowest BCUT2D eigenvalue weighted by atomic mass is 9.90. The first-order valence-corrected chi connectivity index (χ1v) is 11.0. The summed E-state index contributed by atoms with van der Waals surface area (Å²) in [4.78, 5) is 21.1. The summed E-state index contributed by atoms with van der Waals surface area (Å²) in [6.45, 7) is 6.49. The number of methoxy groups -OCH3 is 1. The zero-order chi connectivity index (χ0) is 25.5. The zero-order valence-corrected chi connectivity index (χ0v) is 20.4. The van der Waals surface area contributed by atoms with Crippen molar-refractivity contribution in [2.24, 2.45) is 0 Å². The molecule has 0 atom stereocenters. The van der Waals surface area contributed by atoms with Crippen molar-refractivity contribution in [3.05, 3.63) is 69.8 Å². The number of nitrogens with zero attached hydrogens (tertiary/aromatic N) is 5. The fourth-order valence-electron chi connectivity index (χ4n) is 3.70. The van der Waals surface area contributed by atoms with Crippen LogP contribution in [0.4, 0.5) is 8.78 Å². The monoisotopic (exact) mass is 501 g/mol. The number of benzene rings is 1. The molecule has 0 radical (unpaired) electrons. The molecule has 8 nitrogen and oxygen atoms in total. The van der Waals surface area contributed by atoms with Crippen LogP contribution in [0.3, 0.4) is 0 Å². The molecule has 182 valence electrons. The summed E-state index contributed by atoms with van der Waals surface area (Å²) in [5, 5.41) is 8.36. The lowest BCUT2D eigenvalue weighted by molar-refractivity contribution is -0.146. The van der Waals surface area contributed by atoms with E-state index < -0.39 is 23.0 Å². The van der Waals surface area contributed by atoms with E-state index in [2.05, 4.69) is 20.2 Å². The molecule has 3 heterocycles. The molecular formula is C24H22ClF2N5O3. The molecule has 4 rings (SSSR count). The third kappa shape index (κ3) is 4.41. The Balaban J connectivity index is 1.76. The average molecular weight is 502 g/mol. The van der Waals surface area contributed by atoms with Gasteiger partial charge in [0.15, 0.2) is 16.5 Å². The molecule has 0 aliphatic carbocycles. The van der Waals surface area contributed by atoms with Crippen molar-refractivity contribution in [2.45, 2.75) is 39.7 Å². The minimum atomic E-state index is -1.15. The maximum atomic E-state index is 14.1. The third-order valence-corrected chi connectivity index (χ3v) is 5.84. The second kappa shape index (κ2) is 9.18. The highest BCUT2D eigenvalue weighted by Gasteiger charge is 2.36. The molecule has 0 N–H and O–H groups in total. The first kappa shape index (κ1) is 24.5. The van der Waals surface area contributed by atoms with Gasteiger partial charge in [-0.25, -0.2) is 18.7 Å². The van der Waals surface area contributed by atoms with E-state index in [1.807, 2.05) is 6.92 Å². The number of halogens is 3. The van der Waals surface area contributed by atoms with Crippen LogP contribution in [0.1, 0.15) is 36.4 Å². The summed E-state index contributed by atoms with van der Waals surface area (Å²) >= 11 is 6.40. The van der Waals surface area contributed by atoms with Crippen LogP contribution in [0.25, 0.3) is 17.2 Å². The van der Waals surface area contributed by atoms with E-state index in [0.29, 0.717) is 22.8 Å². The molecule has 0 saturated carbocycles. The van der Waals surface area contributed by atoms with Crippen LogP contribution in [0.5, 0.6) is 5.75 Å². The highest BCUT2D eigenvalue weighted by molar-refractivity contribution is 6.30. The van der Waals surface area contributed by atoms with Crippen LogP contribution < -0.4 is 4.74 Å². The van der Waals surface area contributed by atoms with Gasteiger partial charge in [0.1, 0.15) is 35.0 Å². The van der Waals surface area contributed by atoms with E-state index >= 15 is 0 Å². The van der Waals surface area contributed by atoms with Gasteiger partial charge in [-0.2, -0.15) is 0 Å². The zero-order valence-electron chi connectivity index (χ0n) is 19.7. The number of esters is 1. The number of rotatable bonds is 6. The Kier molecular flexibility index (Phi) is 6.42. The van der Waals surface area contributed by atoms with E-state index in [9.17, 15) is 13.6 Å². The van der Waals surface area contributed by atoms with Crippen molar-refractivity contribution in [3.63, 3.8) is 0 Å². The van der Waals surface area contributed by atoms with Gasteiger partial charge in [0, 0.05) is 6.20 Å². The summed E-state index contributed by atoms with van der Waals surface area (Å²) in [5.74, 6) is -1.42. The highest BCUT2D eigenvalue weighted by atomic mass is 35.5. The van der Waals surface area contributed by atoms with Gasteiger partial charge in [0.2, 0.25) is 5.82 Å². The fraction of sp³-hybridized carbons (Fsp3) is 0.292. The lowest BCUT2D eigenvalue weighted by Gasteiger charge is -2.20. The van der Waals surface area contributed by atoms with Crippen molar-refractivity contribution >= 4 is 23.2 Å². The van der Waals surface area contributed by atoms with Gasteiger partial charge in [-0.1, -0.05) is 17.7 Å². The molecule has 0 aliphatic heterocycles. The minimum Gasteiger partial charge on any atom is -0.485 e. The second-order valence-electron chi connectivity index (χ2n) is 8.50. The molecule has 0 spiro atoms. The van der Waals surface area contributed by atoms with Crippen LogP contribution in [0.2, 0.25) is 5.15 Å². The third-order valence-electron chi connectivity index (χ3n) is 5.57. The molecule has 1 aromatic carbocycles. The first-order valence-electron chi connectivity index (χ1n) is 10.6. The van der Waals surface area contributed by atoms with Crippen molar-refractivity contribution in [2.75, 3.05) is 7.11 Å². The van der Waals surface area contributed by atoms with Gasteiger partial charge < -0.3 is 9.47 Å². The Morgan fingerprint density at radius 3 is 2.46 bits per heavy atom. The van der Waals surface area contributed by atoms with Crippen LogP contribution in [0, 0.1) is 25.5 Å². The molecular weight excluding hydrogens is 480 g/mol. The van der Waals surface area contributed by atoms with Gasteiger partial charge in [0.25, 0.3) is 0 Å². The number of aryl methyl sites for hydroxylation is 2. The highest BCUT2D eigenvalue weighted by Crippen LogP contribution is 2.32. The van der Waals surface area contributed by atoms with E-state index in [-0.39, 0.29) is 28.8 Å². The molecule has 0 fully saturated rings. The SMILES string of the molecule is COC(=O)C(C)(C)c1nnc(-c2c(C)nc3c(OCc4c(F)cccc4F)cc(C)cn23)nc1Cl. The number of hydrogen-bond acceptors (Lipinski definition) is 7. The van der Waals surface area contributed by atoms with Gasteiger partial charge in [0.05, 0.1) is 18.4 Å². The quantitative estimate of drug-likeness (QED) is 0.351. The number of aromatic nitrogens is 5. The normalized spacial score (nSPS) is 11.7. The second-order valence-corrected chi connectivity index (χ2v) is 8.86. The van der Waals surface area contributed by atoms with Gasteiger partial charge in [-0.3, -0.25) is 9.20 Å². The summed E-state index contributed by atoms with van der Waals surface area (Å²) in [5.41, 5.74) is 1.09. The summed E-state index contributed by atoms with van der Waals surface area (Å²) in [6, 6.07) is 5.35. The Morgan fingerprint density at radius 2 is 1.83 bits per heavy atom. The smallest absolute Gasteiger partial charge is 0.317 e.